The smallest absolute Gasteiger partial charge is 0.410 e. The summed E-state index contributed by atoms with van der Waals surface area (Å²) in [5.41, 5.74) is 0.694. The third-order valence-electron chi connectivity index (χ3n) is 5.24. The number of benzene rings is 1. The molecule has 3 atom stereocenters. The molecule has 1 aliphatic heterocycles. The Morgan fingerprint density at radius 1 is 1.17 bits per heavy atom. The van der Waals surface area contributed by atoms with Gasteiger partial charge in [-0.05, 0) is 67.9 Å². The van der Waals surface area contributed by atoms with Crippen LogP contribution in [0.1, 0.15) is 52.5 Å². The van der Waals surface area contributed by atoms with E-state index in [0.717, 1.165) is 30.2 Å². The van der Waals surface area contributed by atoms with Crippen LogP contribution in [0.5, 0.6) is 0 Å². The zero-order chi connectivity index (χ0) is 21.7. The van der Waals surface area contributed by atoms with E-state index in [9.17, 15) is 4.79 Å². The van der Waals surface area contributed by atoms with E-state index in [0.29, 0.717) is 5.95 Å². The first-order chi connectivity index (χ1) is 14.2. The van der Waals surface area contributed by atoms with Gasteiger partial charge >= 0.3 is 6.09 Å². The molecule has 6 nitrogen and oxygen atoms in total. The van der Waals surface area contributed by atoms with Crippen LogP contribution in [0.2, 0.25) is 0 Å². The number of amides is 1. The number of hydrogen-bond donors (Lipinski definition) is 1. The molecule has 0 aliphatic carbocycles. The van der Waals surface area contributed by atoms with E-state index in [1.165, 1.54) is 5.56 Å². The number of aromatic nitrogens is 2. The second kappa shape index (κ2) is 9.77. The summed E-state index contributed by atoms with van der Waals surface area (Å²) in [6.45, 7) is 7.87. The van der Waals surface area contributed by atoms with E-state index in [4.69, 9.17) is 4.74 Å². The molecular weight excluding hydrogens is 444 g/mol. The maximum absolute atomic E-state index is 13.1. The molecule has 0 bridgehead atoms. The first-order valence-electron chi connectivity index (χ1n) is 10.5. The van der Waals surface area contributed by atoms with E-state index in [-0.39, 0.29) is 24.2 Å². The van der Waals surface area contributed by atoms with Crippen molar-refractivity contribution in [2.75, 3.05) is 5.32 Å². The third kappa shape index (κ3) is 6.17. The molecule has 3 rings (SSSR count). The Morgan fingerprint density at radius 2 is 1.80 bits per heavy atom. The normalized spacial score (nSPS) is 21.9. The molecule has 1 saturated heterocycles. The molecule has 0 radical (unpaired) electrons. The number of nitrogens with one attached hydrogen (secondary N) is 1. The van der Waals surface area contributed by atoms with E-state index in [2.05, 4.69) is 50.3 Å². The van der Waals surface area contributed by atoms with Gasteiger partial charge in [-0.25, -0.2) is 14.8 Å². The maximum Gasteiger partial charge on any atom is 0.410 e. The Balaban J connectivity index is 1.83. The molecule has 3 unspecified atom stereocenters. The number of likely N-dealkylation sites (tertiary alicyclic amines) is 1. The van der Waals surface area contributed by atoms with Crippen LogP contribution in [0.15, 0.2) is 47.2 Å². The first kappa shape index (κ1) is 22.5. The molecule has 2 heterocycles. The predicted molar refractivity (Wildman–Crippen MR) is 122 cm³/mol. The van der Waals surface area contributed by atoms with E-state index >= 15 is 0 Å². The van der Waals surface area contributed by atoms with Gasteiger partial charge in [0.15, 0.2) is 0 Å². The molecule has 2 aromatic rings. The Bertz CT molecular complexity index is 823. The fraction of sp³-hybridized carbons (Fsp3) is 0.522. The van der Waals surface area contributed by atoms with Crippen molar-refractivity contribution in [2.24, 2.45) is 0 Å². The average Bonchev–Trinajstić information content (AvgIpc) is 2.68. The van der Waals surface area contributed by atoms with Gasteiger partial charge in [0.2, 0.25) is 5.95 Å². The van der Waals surface area contributed by atoms with E-state index in [1.54, 1.807) is 12.4 Å². The van der Waals surface area contributed by atoms with Crippen LogP contribution in [0.3, 0.4) is 0 Å². The van der Waals surface area contributed by atoms with Gasteiger partial charge < -0.3 is 15.0 Å². The fourth-order valence-electron chi connectivity index (χ4n) is 4.01. The number of rotatable bonds is 5. The molecule has 0 spiro atoms. The Morgan fingerprint density at radius 3 is 2.40 bits per heavy atom. The monoisotopic (exact) mass is 474 g/mol. The summed E-state index contributed by atoms with van der Waals surface area (Å²) in [5, 5.41) is 3.47. The predicted octanol–water partition coefficient (Wildman–Crippen LogP) is 5.44. The summed E-state index contributed by atoms with van der Waals surface area (Å²) in [7, 11) is 0. The standard InChI is InChI=1S/C23H31BrN4O2/c1-5-19-12-18(27-21-25-14-17(24)15-26-21)13-20(11-16-9-7-6-8-10-16)28(19)22(29)30-23(2,3)4/h6-10,14-15,18-20H,5,11-13H2,1-4H3,(H,25,26,27). The summed E-state index contributed by atoms with van der Waals surface area (Å²) in [6, 6.07) is 10.6. The highest BCUT2D eigenvalue weighted by molar-refractivity contribution is 9.10. The Labute approximate surface area is 187 Å². The summed E-state index contributed by atoms with van der Waals surface area (Å²) in [6.07, 6.45) is 6.55. The lowest BCUT2D eigenvalue weighted by Crippen LogP contribution is -2.56. The number of piperidine rings is 1. The number of carbonyl (C=O) groups is 1. The van der Waals surface area contributed by atoms with E-state index < -0.39 is 5.60 Å². The minimum Gasteiger partial charge on any atom is -0.444 e. The Kier molecular flexibility index (Phi) is 7.34. The number of ether oxygens (including phenoxy) is 1. The van der Waals surface area contributed by atoms with Gasteiger partial charge in [0.1, 0.15) is 5.60 Å². The SMILES string of the molecule is CCC1CC(Nc2ncc(Br)cn2)CC(Cc2ccccc2)N1C(=O)OC(C)(C)C. The number of hydrogen-bond acceptors (Lipinski definition) is 5. The van der Waals surface area contributed by atoms with Crippen molar-refractivity contribution in [2.45, 2.75) is 77.1 Å². The lowest BCUT2D eigenvalue weighted by molar-refractivity contribution is -0.00745. The van der Waals surface area contributed by atoms with Crippen LogP contribution in [-0.4, -0.2) is 44.7 Å². The van der Waals surface area contributed by atoms with Gasteiger partial charge in [-0.2, -0.15) is 0 Å². The van der Waals surface area contributed by atoms with Gasteiger partial charge in [0.05, 0.1) is 4.47 Å². The second-order valence-corrected chi connectivity index (χ2v) is 9.75. The van der Waals surface area contributed by atoms with Gasteiger partial charge in [-0.3, -0.25) is 0 Å². The van der Waals surface area contributed by atoms with Crippen LogP contribution in [0.25, 0.3) is 0 Å². The number of anilines is 1. The van der Waals surface area contributed by atoms with Gasteiger partial charge in [0, 0.05) is 30.5 Å². The molecule has 1 aliphatic rings. The molecule has 1 amide bonds. The fourth-order valence-corrected chi connectivity index (χ4v) is 4.21. The summed E-state index contributed by atoms with van der Waals surface area (Å²) < 4.78 is 6.63. The lowest BCUT2D eigenvalue weighted by atomic mass is 9.87. The summed E-state index contributed by atoms with van der Waals surface area (Å²) >= 11 is 3.37. The molecule has 1 aromatic carbocycles. The van der Waals surface area contributed by atoms with Crippen molar-refractivity contribution in [3.05, 3.63) is 52.8 Å². The maximum atomic E-state index is 13.1. The minimum absolute atomic E-state index is 0.0360. The van der Waals surface area contributed by atoms with Gasteiger partial charge in [0.25, 0.3) is 0 Å². The van der Waals surface area contributed by atoms with Crippen molar-refractivity contribution in [1.82, 2.24) is 14.9 Å². The van der Waals surface area contributed by atoms with Crippen molar-refractivity contribution >= 4 is 28.0 Å². The van der Waals surface area contributed by atoms with Crippen molar-refractivity contribution < 1.29 is 9.53 Å². The molecule has 1 N–H and O–H groups in total. The molecule has 1 aromatic heterocycles. The quantitative estimate of drug-likeness (QED) is 0.624. The van der Waals surface area contributed by atoms with E-state index in [1.807, 2.05) is 43.9 Å². The van der Waals surface area contributed by atoms with Crippen molar-refractivity contribution in [1.29, 1.82) is 0 Å². The highest BCUT2D eigenvalue weighted by Gasteiger charge is 2.40. The summed E-state index contributed by atoms with van der Waals surface area (Å²) in [5.74, 6) is 0.613. The highest BCUT2D eigenvalue weighted by Crippen LogP contribution is 2.31. The molecular formula is C23H31BrN4O2. The minimum atomic E-state index is -0.521. The number of nitrogens with zero attached hydrogens (tertiary/aromatic N) is 3. The topological polar surface area (TPSA) is 67.4 Å². The van der Waals surface area contributed by atoms with Gasteiger partial charge in [-0.15, -0.1) is 0 Å². The van der Waals surface area contributed by atoms with Crippen molar-refractivity contribution in [3.8, 4) is 0 Å². The summed E-state index contributed by atoms with van der Waals surface area (Å²) in [4.78, 5) is 23.8. The van der Waals surface area contributed by atoms with Gasteiger partial charge in [-0.1, -0.05) is 37.3 Å². The second-order valence-electron chi connectivity index (χ2n) is 8.83. The van der Waals surface area contributed by atoms with Crippen LogP contribution in [0.4, 0.5) is 10.7 Å². The molecule has 162 valence electrons. The zero-order valence-corrected chi connectivity index (χ0v) is 19.7. The Hall–Kier alpha value is -2.15. The number of halogens is 1. The first-order valence-corrected chi connectivity index (χ1v) is 11.3. The lowest BCUT2D eigenvalue weighted by Gasteiger charge is -2.45. The molecule has 0 saturated carbocycles. The third-order valence-corrected chi connectivity index (χ3v) is 5.65. The zero-order valence-electron chi connectivity index (χ0n) is 18.1. The van der Waals surface area contributed by atoms with Crippen LogP contribution < -0.4 is 5.32 Å². The average molecular weight is 475 g/mol. The van der Waals surface area contributed by atoms with Crippen LogP contribution in [0, 0.1) is 0 Å². The number of carbonyl (C=O) groups excluding carboxylic acids is 1. The molecule has 1 fully saturated rings. The molecule has 30 heavy (non-hydrogen) atoms. The van der Waals surface area contributed by atoms with Crippen molar-refractivity contribution in [3.63, 3.8) is 0 Å². The molecule has 7 heteroatoms. The van der Waals surface area contributed by atoms with Crippen LogP contribution >= 0.6 is 15.9 Å². The largest absolute Gasteiger partial charge is 0.444 e. The highest BCUT2D eigenvalue weighted by atomic mass is 79.9. The van der Waals surface area contributed by atoms with Crippen LogP contribution in [-0.2, 0) is 11.2 Å².